The van der Waals surface area contributed by atoms with Crippen molar-refractivity contribution in [1.82, 2.24) is 19.5 Å². The third-order valence-electron chi connectivity index (χ3n) is 4.42. The zero-order valence-electron chi connectivity index (χ0n) is 14.3. The predicted octanol–water partition coefficient (Wildman–Crippen LogP) is -0.0785. The largest absolute Gasteiger partial charge is 0.460 e. The number of imidazole rings is 1. The molecule has 1 aromatic carbocycles. The lowest BCUT2D eigenvalue weighted by Crippen LogP contribution is -2.24. The van der Waals surface area contributed by atoms with Crippen LogP contribution in [-0.2, 0) is 11.3 Å². The summed E-state index contributed by atoms with van der Waals surface area (Å²) in [6, 6.07) is 9.58. The fraction of sp³-hybridized carbons (Fsp3) is 0.353. The van der Waals surface area contributed by atoms with Crippen molar-refractivity contribution in [2.75, 3.05) is 12.3 Å². The second kappa shape index (κ2) is 6.99. The summed E-state index contributed by atoms with van der Waals surface area (Å²) in [6.45, 7) is -0.114. The molecule has 0 unspecified atom stereocenters. The van der Waals surface area contributed by atoms with Crippen LogP contribution in [0.5, 0.6) is 6.01 Å². The first-order valence-electron chi connectivity index (χ1n) is 8.45. The SMILES string of the molecule is Nc1nc2c(nc([18O]Cc3ccccc3)n2[C@H]2C[C@H](O)[C@@H](CO)O2)c(=O)[nH]1. The number of aromatic amines is 1. The highest BCUT2D eigenvalue weighted by molar-refractivity contribution is 5.72. The van der Waals surface area contributed by atoms with Crippen LogP contribution in [0, 0.1) is 0 Å². The van der Waals surface area contributed by atoms with Gasteiger partial charge in [-0.05, 0) is 5.56 Å². The van der Waals surface area contributed by atoms with Crippen molar-refractivity contribution in [1.29, 1.82) is 0 Å². The number of nitrogens with zero attached hydrogens (tertiary/aromatic N) is 3. The zero-order valence-corrected chi connectivity index (χ0v) is 14.3. The van der Waals surface area contributed by atoms with Gasteiger partial charge in [0, 0.05) is 6.42 Å². The average molecular weight is 375 g/mol. The summed E-state index contributed by atoms with van der Waals surface area (Å²) in [5.74, 6) is -0.0690. The molecule has 0 amide bonds. The van der Waals surface area contributed by atoms with E-state index in [-0.39, 0.29) is 42.8 Å². The molecule has 142 valence electrons. The van der Waals surface area contributed by atoms with Gasteiger partial charge in [-0.3, -0.25) is 14.3 Å². The number of nitrogens with two attached hydrogens (primary N) is 1. The first kappa shape index (κ1) is 17.5. The molecule has 3 heterocycles. The van der Waals surface area contributed by atoms with Gasteiger partial charge in [0.25, 0.3) is 5.56 Å². The molecule has 0 aliphatic carbocycles. The summed E-state index contributed by atoms with van der Waals surface area (Å²) in [4.78, 5) is 23.0. The van der Waals surface area contributed by atoms with Crippen molar-refractivity contribution in [2.24, 2.45) is 0 Å². The Morgan fingerprint density at radius 2 is 2.11 bits per heavy atom. The van der Waals surface area contributed by atoms with E-state index in [1.165, 1.54) is 4.57 Å². The lowest BCUT2D eigenvalue weighted by Gasteiger charge is -2.16. The topological polar surface area (TPSA) is 149 Å². The zero-order chi connectivity index (χ0) is 19.0. The number of nitrogens with one attached hydrogen (secondary N) is 1. The van der Waals surface area contributed by atoms with Crippen LogP contribution < -0.4 is 16.0 Å². The summed E-state index contributed by atoms with van der Waals surface area (Å²) in [5.41, 5.74) is 6.33. The van der Waals surface area contributed by atoms with E-state index >= 15 is 0 Å². The van der Waals surface area contributed by atoms with E-state index in [2.05, 4.69) is 15.0 Å². The fourth-order valence-electron chi connectivity index (χ4n) is 3.10. The maximum atomic E-state index is 12.2. The number of hydrogen-bond donors (Lipinski definition) is 4. The van der Waals surface area contributed by atoms with Crippen LogP contribution in [0.15, 0.2) is 35.1 Å². The van der Waals surface area contributed by atoms with Gasteiger partial charge in [-0.15, -0.1) is 0 Å². The standard InChI is InChI=1S/C17H19N5O5/c18-16-20-14-13(15(25)21-16)19-17(26-8-9-4-2-1-3-5-9)22(14)12-6-10(24)11(7-23)27-12/h1-5,10-12,23-24H,6-8H2,(H3,18,20,21,25)/t10-,11+,12+/m0/s1/i26+2. The fourth-order valence-corrected chi connectivity index (χ4v) is 3.10. The van der Waals surface area contributed by atoms with Gasteiger partial charge in [0.1, 0.15) is 18.9 Å². The summed E-state index contributed by atoms with van der Waals surface area (Å²) >= 11 is 0. The molecule has 5 N–H and O–H groups in total. The minimum absolute atomic E-state index is 0.0535. The summed E-state index contributed by atoms with van der Waals surface area (Å²) < 4.78 is 13.0. The molecule has 4 rings (SSSR count). The van der Waals surface area contributed by atoms with E-state index in [0.29, 0.717) is 0 Å². The normalized spacial score (nSPS) is 22.4. The van der Waals surface area contributed by atoms with E-state index in [4.69, 9.17) is 15.2 Å². The Balaban J connectivity index is 1.75. The van der Waals surface area contributed by atoms with E-state index in [1.807, 2.05) is 30.3 Å². The number of ether oxygens (including phenoxy) is 2. The van der Waals surface area contributed by atoms with Gasteiger partial charge in [-0.2, -0.15) is 9.97 Å². The maximum Gasteiger partial charge on any atom is 0.301 e. The Morgan fingerprint density at radius 1 is 1.33 bits per heavy atom. The molecule has 3 aromatic rings. The number of aliphatic hydroxyl groups is 2. The third kappa shape index (κ3) is 3.25. The highest BCUT2D eigenvalue weighted by Gasteiger charge is 2.37. The second-order valence-electron chi connectivity index (χ2n) is 6.28. The Labute approximate surface area is 153 Å². The van der Waals surface area contributed by atoms with E-state index in [0.717, 1.165) is 5.56 Å². The van der Waals surface area contributed by atoms with Crippen molar-refractivity contribution >= 4 is 17.1 Å². The van der Waals surface area contributed by atoms with E-state index in [9.17, 15) is 15.0 Å². The molecule has 1 saturated heterocycles. The van der Waals surface area contributed by atoms with Crippen molar-refractivity contribution in [2.45, 2.75) is 31.5 Å². The highest BCUT2D eigenvalue weighted by Crippen LogP contribution is 2.34. The maximum absolute atomic E-state index is 12.2. The van der Waals surface area contributed by atoms with E-state index in [1.54, 1.807) is 0 Å². The third-order valence-corrected chi connectivity index (χ3v) is 4.42. The van der Waals surface area contributed by atoms with Crippen LogP contribution >= 0.6 is 0 Å². The summed E-state index contributed by atoms with van der Waals surface area (Å²) in [6.07, 6.45) is -2.12. The lowest BCUT2D eigenvalue weighted by atomic mass is 10.2. The molecule has 3 atom stereocenters. The van der Waals surface area contributed by atoms with Gasteiger partial charge < -0.3 is 25.4 Å². The molecular formula is C17H19N5O5. The van der Waals surface area contributed by atoms with Gasteiger partial charge in [-0.25, -0.2) is 0 Å². The Kier molecular flexibility index (Phi) is 4.52. The molecule has 1 fully saturated rings. The van der Waals surface area contributed by atoms with Crippen LogP contribution in [0.1, 0.15) is 18.2 Å². The van der Waals surface area contributed by atoms with Crippen LogP contribution in [-0.4, -0.2) is 48.5 Å². The first-order chi connectivity index (χ1) is 13.1. The van der Waals surface area contributed by atoms with Crippen molar-refractivity contribution in [3.05, 3.63) is 46.2 Å². The molecule has 27 heavy (non-hydrogen) atoms. The average Bonchev–Trinajstić information content (AvgIpc) is 3.20. The number of rotatable bonds is 5. The van der Waals surface area contributed by atoms with Crippen molar-refractivity contribution in [3.63, 3.8) is 0 Å². The van der Waals surface area contributed by atoms with Gasteiger partial charge in [-0.1, -0.05) is 30.3 Å². The van der Waals surface area contributed by atoms with Crippen LogP contribution in [0.3, 0.4) is 0 Å². The number of benzene rings is 1. The van der Waals surface area contributed by atoms with Gasteiger partial charge >= 0.3 is 6.01 Å². The van der Waals surface area contributed by atoms with Crippen LogP contribution in [0.4, 0.5) is 5.95 Å². The number of anilines is 1. The minimum atomic E-state index is -0.862. The molecule has 0 spiro atoms. The number of aliphatic hydroxyl groups excluding tert-OH is 2. The molecular weight excluding hydrogens is 356 g/mol. The molecule has 10 heteroatoms. The monoisotopic (exact) mass is 375 g/mol. The van der Waals surface area contributed by atoms with Gasteiger partial charge in [0.15, 0.2) is 11.2 Å². The minimum Gasteiger partial charge on any atom is -0.460 e. The number of hydrogen-bond acceptors (Lipinski definition) is 8. The number of nitrogen functional groups attached to an aromatic ring is 1. The quantitative estimate of drug-likeness (QED) is 0.453. The molecule has 10 nitrogen and oxygen atoms in total. The van der Waals surface area contributed by atoms with Crippen molar-refractivity contribution in [3.8, 4) is 6.01 Å². The smallest absolute Gasteiger partial charge is 0.301 e. The molecule has 2 aromatic heterocycles. The Hall–Kier alpha value is -2.95. The number of H-pyrrole nitrogens is 1. The second-order valence-corrected chi connectivity index (χ2v) is 6.28. The first-order valence-corrected chi connectivity index (χ1v) is 8.45. The Bertz CT molecular complexity index is 1000. The Morgan fingerprint density at radius 3 is 2.81 bits per heavy atom. The number of aromatic nitrogens is 4. The number of fused-ring (bicyclic) bond motifs is 1. The highest BCUT2D eigenvalue weighted by atomic mass is 18.3. The van der Waals surface area contributed by atoms with Crippen molar-refractivity contribution < 1.29 is 19.7 Å². The van der Waals surface area contributed by atoms with E-state index < -0.39 is 24.0 Å². The molecule has 1 aliphatic heterocycles. The van der Waals surface area contributed by atoms with Gasteiger partial charge in [0.2, 0.25) is 5.95 Å². The molecule has 1 aliphatic rings. The molecule has 0 radical (unpaired) electrons. The van der Waals surface area contributed by atoms with Crippen LogP contribution in [0.25, 0.3) is 11.2 Å². The molecule has 0 saturated carbocycles. The van der Waals surface area contributed by atoms with Gasteiger partial charge in [0.05, 0.1) is 12.7 Å². The lowest BCUT2D eigenvalue weighted by molar-refractivity contribution is -0.0456. The van der Waals surface area contributed by atoms with Crippen LogP contribution in [0.2, 0.25) is 0 Å². The summed E-state index contributed by atoms with van der Waals surface area (Å²) in [7, 11) is 0. The predicted molar refractivity (Wildman–Crippen MR) is 95.0 cm³/mol. The molecule has 0 bridgehead atoms. The summed E-state index contributed by atoms with van der Waals surface area (Å²) in [5, 5.41) is 19.4.